The zero-order valence-electron chi connectivity index (χ0n) is 17.1. The van der Waals surface area contributed by atoms with Gasteiger partial charge in [0.2, 0.25) is 0 Å². The highest BCUT2D eigenvalue weighted by Crippen LogP contribution is 2.29. The maximum absolute atomic E-state index is 12.9. The van der Waals surface area contributed by atoms with Gasteiger partial charge in [-0.05, 0) is 43.0 Å². The molecule has 6 nitrogen and oxygen atoms in total. The third kappa shape index (κ3) is 5.11. The first kappa shape index (κ1) is 21.1. The molecule has 1 saturated carbocycles. The van der Waals surface area contributed by atoms with Crippen LogP contribution in [-0.4, -0.2) is 24.0 Å². The average molecular weight is 445 g/mol. The first-order valence-electron chi connectivity index (χ1n) is 10.4. The number of anilines is 1. The van der Waals surface area contributed by atoms with E-state index in [1.807, 2.05) is 48.8 Å². The molecule has 1 aliphatic rings. The molecule has 0 amide bonds. The molecule has 0 unspecified atom stereocenters. The van der Waals surface area contributed by atoms with Gasteiger partial charge in [-0.2, -0.15) is 0 Å². The number of nitrogens with one attached hydrogen (secondary N) is 2. The van der Waals surface area contributed by atoms with E-state index in [1.165, 1.54) is 38.3 Å². The van der Waals surface area contributed by atoms with Gasteiger partial charge in [0.15, 0.2) is 9.34 Å². The highest BCUT2D eigenvalue weighted by atomic mass is 32.2. The lowest BCUT2D eigenvalue weighted by Crippen LogP contribution is -2.28. The van der Waals surface area contributed by atoms with Crippen LogP contribution in [0.5, 0.6) is 0 Å². The third-order valence-electron chi connectivity index (χ3n) is 5.63. The Morgan fingerprint density at radius 2 is 1.90 bits per heavy atom. The second kappa shape index (κ2) is 9.32. The maximum Gasteiger partial charge on any atom is 0.273 e. The van der Waals surface area contributed by atoms with Gasteiger partial charge in [-0.15, -0.1) is 0 Å². The molecule has 0 aliphatic heterocycles. The summed E-state index contributed by atoms with van der Waals surface area (Å²) < 4.78 is 30.6. The van der Waals surface area contributed by atoms with E-state index in [0.29, 0.717) is 23.4 Å². The molecule has 2 aromatic heterocycles. The van der Waals surface area contributed by atoms with Crippen molar-refractivity contribution in [2.45, 2.75) is 55.8 Å². The van der Waals surface area contributed by atoms with Gasteiger partial charge in [0.1, 0.15) is 0 Å². The Kier molecular flexibility index (Phi) is 6.55. The van der Waals surface area contributed by atoms with Crippen LogP contribution >= 0.6 is 11.3 Å². The van der Waals surface area contributed by atoms with Gasteiger partial charge in [-0.25, -0.2) is 13.4 Å². The van der Waals surface area contributed by atoms with Crippen LogP contribution < -0.4 is 10.0 Å². The predicted molar refractivity (Wildman–Crippen MR) is 122 cm³/mol. The van der Waals surface area contributed by atoms with E-state index in [4.69, 9.17) is 0 Å². The molecule has 0 radical (unpaired) electrons. The molecular weight excluding hydrogens is 416 g/mol. The summed E-state index contributed by atoms with van der Waals surface area (Å²) in [7, 11) is -3.70. The number of thiazole rings is 1. The summed E-state index contributed by atoms with van der Waals surface area (Å²) in [5, 5.41) is 4.19. The van der Waals surface area contributed by atoms with Gasteiger partial charge in [-0.1, -0.05) is 55.2 Å². The van der Waals surface area contributed by atoms with Crippen LogP contribution in [0, 0.1) is 5.92 Å². The Morgan fingerprint density at radius 1 is 1.17 bits per heavy atom. The zero-order chi connectivity index (χ0) is 21.0. The Hall–Kier alpha value is -2.16. The van der Waals surface area contributed by atoms with Crippen LogP contribution in [0.1, 0.15) is 44.6 Å². The third-order valence-corrected chi connectivity index (χ3v) is 8.46. The van der Waals surface area contributed by atoms with E-state index in [1.54, 1.807) is 4.57 Å². The molecule has 3 aromatic rings. The topological polar surface area (TPSA) is 76.0 Å². The van der Waals surface area contributed by atoms with Crippen molar-refractivity contribution in [3.05, 3.63) is 60.6 Å². The summed E-state index contributed by atoms with van der Waals surface area (Å²) in [5.41, 5.74) is 1.54. The lowest BCUT2D eigenvalue weighted by Gasteiger charge is -2.19. The van der Waals surface area contributed by atoms with Crippen LogP contribution in [0.3, 0.4) is 0 Å². The number of sulfonamides is 1. The minimum absolute atomic E-state index is 0.198. The lowest BCUT2D eigenvalue weighted by molar-refractivity contribution is 0.404. The number of hydrogen-bond donors (Lipinski definition) is 2. The summed E-state index contributed by atoms with van der Waals surface area (Å²) in [6.07, 6.45) is 11.7. The first-order chi connectivity index (χ1) is 14.5. The van der Waals surface area contributed by atoms with Crippen molar-refractivity contribution in [1.82, 2.24) is 14.9 Å². The Bertz CT molecular complexity index is 1050. The molecule has 1 atom stereocenters. The normalized spacial score (nSPS) is 16.0. The molecule has 1 aromatic carbocycles. The highest BCUT2D eigenvalue weighted by molar-refractivity contribution is 7.94. The first-order valence-corrected chi connectivity index (χ1v) is 12.7. The molecule has 0 saturated heterocycles. The fraction of sp³-hybridized carbons (Fsp3) is 0.409. The monoisotopic (exact) mass is 444 g/mol. The molecule has 0 spiro atoms. The van der Waals surface area contributed by atoms with Crippen molar-refractivity contribution in [1.29, 1.82) is 0 Å². The van der Waals surface area contributed by atoms with Crippen molar-refractivity contribution >= 4 is 27.0 Å². The molecule has 8 heteroatoms. The van der Waals surface area contributed by atoms with Crippen LogP contribution in [0.4, 0.5) is 5.69 Å². The fourth-order valence-electron chi connectivity index (χ4n) is 4.04. The SMILES string of the molecule is C[C@@H](CC1CCCC1)NCc1ccccc1NS(=O)(=O)c1cnc(-n2cccc2)s1. The number of nitrogens with zero attached hydrogens (tertiary/aromatic N) is 2. The van der Waals surface area contributed by atoms with Gasteiger partial charge < -0.3 is 9.88 Å². The fourth-order valence-corrected chi connectivity index (χ4v) is 6.22. The Labute approximate surface area is 182 Å². The predicted octanol–water partition coefficient (Wildman–Crippen LogP) is 4.79. The number of rotatable bonds is 9. The maximum atomic E-state index is 12.9. The van der Waals surface area contributed by atoms with E-state index >= 15 is 0 Å². The molecule has 1 aliphatic carbocycles. The molecule has 30 heavy (non-hydrogen) atoms. The number of hydrogen-bond acceptors (Lipinski definition) is 5. The summed E-state index contributed by atoms with van der Waals surface area (Å²) in [4.78, 5) is 4.25. The van der Waals surface area contributed by atoms with E-state index in [2.05, 4.69) is 21.9 Å². The van der Waals surface area contributed by atoms with Crippen LogP contribution in [0.25, 0.3) is 5.13 Å². The molecule has 4 rings (SSSR count). The van der Waals surface area contributed by atoms with Gasteiger partial charge in [0.25, 0.3) is 10.0 Å². The second-order valence-electron chi connectivity index (χ2n) is 7.98. The number of benzene rings is 1. The van der Waals surface area contributed by atoms with E-state index in [0.717, 1.165) is 22.8 Å². The molecular formula is C22H28N4O2S2. The van der Waals surface area contributed by atoms with Crippen molar-refractivity contribution < 1.29 is 8.42 Å². The van der Waals surface area contributed by atoms with Crippen molar-refractivity contribution in [2.24, 2.45) is 5.92 Å². The molecule has 0 bridgehead atoms. The largest absolute Gasteiger partial charge is 0.310 e. The van der Waals surface area contributed by atoms with E-state index < -0.39 is 10.0 Å². The van der Waals surface area contributed by atoms with Crippen molar-refractivity contribution in [3.63, 3.8) is 0 Å². The van der Waals surface area contributed by atoms with E-state index in [-0.39, 0.29) is 4.21 Å². The minimum atomic E-state index is -3.70. The highest BCUT2D eigenvalue weighted by Gasteiger charge is 2.21. The molecule has 2 N–H and O–H groups in total. The van der Waals surface area contributed by atoms with Crippen molar-refractivity contribution in [3.8, 4) is 5.13 Å². The van der Waals surface area contributed by atoms with Gasteiger partial charge in [-0.3, -0.25) is 4.72 Å². The van der Waals surface area contributed by atoms with Gasteiger partial charge in [0, 0.05) is 25.0 Å². The Balaban J connectivity index is 1.43. The van der Waals surface area contributed by atoms with Crippen LogP contribution in [0.2, 0.25) is 0 Å². The summed E-state index contributed by atoms with van der Waals surface area (Å²) in [5.74, 6) is 0.821. The average Bonchev–Trinajstić information content (AvgIpc) is 3.48. The summed E-state index contributed by atoms with van der Waals surface area (Å²) in [6.45, 7) is 2.84. The number of aromatic nitrogens is 2. The summed E-state index contributed by atoms with van der Waals surface area (Å²) in [6, 6.07) is 11.7. The van der Waals surface area contributed by atoms with Gasteiger partial charge >= 0.3 is 0 Å². The minimum Gasteiger partial charge on any atom is -0.310 e. The Morgan fingerprint density at radius 3 is 2.67 bits per heavy atom. The quantitative estimate of drug-likeness (QED) is 0.497. The standard InChI is InChI=1S/C22H28N4O2S2/c1-17(14-18-8-2-3-9-18)23-15-19-10-4-5-11-20(19)25-30(27,28)21-16-24-22(29-21)26-12-6-7-13-26/h4-7,10-13,16-18,23,25H,2-3,8-9,14-15H2,1H3/t17-/m0/s1. The van der Waals surface area contributed by atoms with Crippen LogP contribution in [0.15, 0.2) is 59.2 Å². The molecule has 1 fully saturated rings. The second-order valence-corrected chi connectivity index (χ2v) is 10.9. The number of para-hydroxylation sites is 1. The van der Waals surface area contributed by atoms with E-state index in [9.17, 15) is 8.42 Å². The lowest BCUT2D eigenvalue weighted by atomic mass is 9.99. The van der Waals surface area contributed by atoms with Crippen molar-refractivity contribution in [2.75, 3.05) is 4.72 Å². The van der Waals surface area contributed by atoms with Crippen LogP contribution in [-0.2, 0) is 16.6 Å². The van der Waals surface area contributed by atoms with Gasteiger partial charge in [0.05, 0.1) is 11.9 Å². The smallest absolute Gasteiger partial charge is 0.273 e. The summed E-state index contributed by atoms with van der Waals surface area (Å²) >= 11 is 1.14. The molecule has 160 valence electrons. The molecule has 2 heterocycles. The zero-order valence-corrected chi connectivity index (χ0v) is 18.8.